The standard InChI is InChI=1S/C17H17ClF2N2O5S/c1-17(16(24)21-25,28(2,26)27)5-6-22-9-14(20)12(8-15(22)23)11-4-3-10(18)7-13(11)19/h3-4,7-9,25H,5-6H2,1-2H3,(H,21,24). The van der Waals surface area contributed by atoms with E-state index in [-0.39, 0.29) is 22.7 Å². The zero-order valence-corrected chi connectivity index (χ0v) is 16.4. The van der Waals surface area contributed by atoms with Gasteiger partial charge in [-0.2, -0.15) is 0 Å². The first kappa shape index (κ1) is 22.0. The molecule has 2 rings (SSSR count). The Hall–Kier alpha value is -2.30. The number of aromatic nitrogens is 1. The molecule has 7 nitrogen and oxygen atoms in total. The lowest BCUT2D eigenvalue weighted by Crippen LogP contribution is -2.50. The number of halogens is 3. The second kappa shape index (κ2) is 7.98. The Morgan fingerprint density at radius 1 is 1.25 bits per heavy atom. The summed E-state index contributed by atoms with van der Waals surface area (Å²) in [6.45, 7) is 0.739. The van der Waals surface area contributed by atoms with Gasteiger partial charge in [-0.3, -0.25) is 14.8 Å². The van der Waals surface area contributed by atoms with Crippen LogP contribution in [0.2, 0.25) is 5.02 Å². The van der Waals surface area contributed by atoms with Gasteiger partial charge in [-0.25, -0.2) is 22.7 Å². The lowest BCUT2D eigenvalue weighted by molar-refractivity contribution is -0.131. The van der Waals surface area contributed by atoms with Crippen molar-refractivity contribution in [1.82, 2.24) is 10.0 Å². The van der Waals surface area contributed by atoms with E-state index < -0.39 is 44.1 Å². The maximum atomic E-state index is 14.5. The van der Waals surface area contributed by atoms with Crippen molar-refractivity contribution in [3.8, 4) is 11.1 Å². The second-order valence-electron chi connectivity index (χ2n) is 6.38. The Morgan fingerprint density at radius 3 is 2.43 bits per heavy atom. The molecule has 11 heteroatoms. The number of hydroxylamine groups is 1. The van der Waals surface area contributed by atoms with Crippen LogP contribution in [0.4, 0.5) is 8.78 Å². The SMILES string of the molecule is CC(CCn1cc(F)c(-c2ccc(Cl)cc2F)cc1=O)(C(=O)NO)S(C)(=O)=O. The summed E-state index contributed by atoms with van der Waals surface area (Å²) >= 11 is 5.66. The molecule has 0 saturated heterocycles. The molecule has 2 N–H and O–H groups in total. The fourth-order valence-corrected chi connectivity index (χ4v) is 3.56. The zero-order chi connectivity index (χ0) is 21.3. The van der Waals surface area contributed by atoms with Crippen LogP contribution in [-0.2, 0) is 21.2 Å². The lowest BCUT2D eigenvalue weighted by Gasteiger charge is -2.25. The number of carbonyl (C=O) groups is 1. The zero-order valence-electron chi connectivity index (χ0n) is 14.9. The number of pyridine rings is 1. The van der Waals surface area contributed by atoms with E-state index in [1.54, 1.807) is 0 Å². The van der Waals surface area contributed by atoms with Gasteiger partial charge < -0.3 is 4.57 Å². The van der Waals surface area contributed by atoms with E-state index >= 15 is 0 Å². The maximum Gasteiger partial charge on any atom is 0.264 e. The normalized spacial score (nSPS) is 13.8. The van der Waals surface area contributed by atoms with Gasteiger partial charge in [0, 0.05) is 41.2 Å². The molecule has 0 fully saturated rings. The number of carbonyl (C=O) groups excluding carboxylic acids is 1. The molecule has 0 saturated carbocycles. The minimum atomic E-state index is -3.97. The molecular weight excluding hydrogens is 418 g/mol. The van der Waals surface area contributed by atoms with Gasteiger partial charge in [-0.15, -0.1) is 0 Å². The number of aryl methyl sites for hydroxylation is 1. The Kier molecular flexibility index (Phi) is 6.27. The van der Waals surface area contributed by atoms with Crippen molar-refractivity contribution < 1.29 is 27.2 Å². The third-order valence-electron chi connectivity index (χ3n) is 4.53. The fraction of sp³-hybridized carbons (Fsp3) is 0.294. The van der Waals surface area contributed by atoms with Gasteiger partial charge in [0.2, 0.25) is 0 Å². The number of hydrogen-bond acceptors (Lipinski definition) is 5. The predicted molar refractivity (Wildman–Crippen MR) is 98.9 cm³/mol. The van der Waals surface area contributed by atoms with Crippen molar-refractivity contribution >= 4 is 27.3 Å². The number of benzene rings is 1. The summed E-state index contributed by atoms with van der Waals surface area (Å²) in [7, 11) is -3.97. The number of nitrogens with one attached hydrogen (secondary N) is 1. The first-order valence-corrected chi connectivity index (χ1v) is 10.2. The quantitative estimate of drug-likeness (QED) is 0.535. The number of amides is 1. The molecule has 1 atom stereocenters. The molecule has 1 heterocycles. The molecule has 2 aromatic rings. The third-order valence-corrected chi connectivity index (χ3v) is 6.79. The molecule has 1 amide bonds. The van der Waals surface area contributed by atoms with E-state index in [9.17, 15) is 26.8 Å². The number of nitrogens with zero attached hydrogens (tertiary/aromatic N) is 1. The van der Waals surface area contributed by atoms with Crippen molar-refractivity contribution in [3.63, 3.8) is 0 Å². The first-order valence-electron chi connectivity index (χ1n) is 7.90. The van der Waals surface area contributed by atoms with Crippen LogP contribution in [0.15, 0.2) is 35.3 Å². The van der Waals surface area contributed by atoms with Crippen molar-refractivity contribution in [2.24, 2.45) is 0 Å². The van der Waals surface area contributed by atoms with Crippen LogP contribution in [0.5, 0.6) is 0 Å². The summed E-state index contributed by atoms with van der Waals surface area (Å²) in [5, 5.41) is 8.91. The van der Waals surface area contributed by atoms with Gasteiger partial charge >= 0.3 is 0 Å². The Balaban J connectivity index is 2.40. The van der Waals surface area contributed by atoms with Gasteiger partial charge in [0.25, 0.3) is 11.5 Å². The topological polar surface area (TPSA) is 105 Å². The summed E-state index contributed by atoms with van der Waals surface area (Å²) in [5.74, 6) is -2.91. The molecule has 152 valence electrons. The van der Waals surface area contributed by atoms with Crippen molar-refractivity contribution in [2.45, 2.75) is 24.6 Å². The number of rotatable bonds is 6. The molecule has 0 aliphatic carbocycles. The minimum Gasteiger partial charge on any atom is -0.312 e. The molecule has 0 aliphatic heterocycles. The Bertz CT molecular complexity index is 1090. The van der Waals surface area contributed by atoms with Crippen LogP contribution in [0.25, 0.3) is 11.1 Å². The van der Waals surface area contributed by atoms with Crippen LogP contribution in [0, 0.1) is 11.6 Å². The molecule has 1 aromatic carbocycles. The summed E-state index contributed by atoms with van der Waals surface area (Å²) in [6, 6.07) is 4.42. The molecule has 0 aliphatic rings. The fourth-order valence-electron chi connectivity index (χ4n) is 2.55. The second-order valence-corrected chi connectivity index (χ2v) is 9.27. The van der Waals surface area contributed by atoms with E-state index in [2.05, 4.69) is 0 Å². The first-order chi connectivity index (χ1) is 12.9. The van der Waals surface area contributed by atoms with Gasteiger partial charge in [0.05, 0.1) is 0 Å². The van der Waals surface area contributed by atoms with Gasteiger partial charge in [0.1, 0.15) is 11.6 Å². The van der Waals surface area contributed by atoms with Crippen LogP contribution < -0.4 is 11.0 Å². The van der Waals surface area contributed by atoms with Crippen molar-refractivity contribution in [2.75, 3.05) is 6.26 Å². The molecule has 0 spiro atoms. The van der Waals surface area contributed by atoms with Crippen LogP contribution >= 0.6 is 11.6 Å². The monoisotopic (exact) mass is 434 g/mol. The highest BCUT2D eigenvalue weighted by Crippen LogP contribution is 2.27. The number of sulfone groups is 1. The minimum absolute atomic E-state index is 0.109. The largest absolute Gasteiger partial charge is 0.312 e. The molecule has 0 radical (unpaired) electrons. The van der Waals surface area contributed by atoms with Crippen LogP contribution in [0.1, 0.15) is 13.3 Å². The average molecular weight is 435 g/mol. The van der Waals surface area contributed by atoms with E-state index in [1.165, 1.54) is 17.6 Å². The molecule has 0 bridgehead atoms. The Morgan fingerprint density at radius 2 is 1.89 bits per heavy atom. The van der Waals surface area contributed by atoms with Gasteiger partial charge in [-0.1, -0.05) is 11.6 Å². The lowest BCUT2D eigenvalue weighted by atomic mass is 10.0. The summed E-state index contributed by atoms with van der Waals surface area (Å²) < 4.78 is 51.2. The average Bonchev–Trinajstić information content (AvgIpc) is 2.60. The van der Waals surface area contributed by atoms with Crippen molar-refractivity contribution in [3.05, 3.63) is 57.5 Å². The maximum absolute atomic E-state index is 14.5. The Labute approximate surface area is 164 Å². The molecule has 28 heavy (non-hydrogen) atoms. The smallest absolute Gasteiger partial charge is 0.264 e. The van der Waals surface area contributed by atoms with Gasteiger partial charge in [0.15, 0.2) is 14.6 Å². The van der Waals surface area contributed by atoms with E-state index in [4.69, 9.17) is 16.8 Å². The highest BCUT2D eigenvalue weighted by Gasteiger charge is 2.43. The highest BCUT2D eigenvalue weighted by molar-refractivity contribution is 7.92. The molecule has 1 unspecified atom stereocenters. The molecule has 1 aromatic heterocycles. The van der Waals surface area contributed by atoms with E-state index in [0.29, 0.717) is 0 Å². The highest BCUT2D eigenvalue weighted by atomic mass is 35.5. The van der Waals surface area contributed by atoms with Crippen LogP contribution in [-0.4, -0.2) is 35.1 Å². The van der Waals surface area contributed by atoms with Crippen molar-refractivity contribution in [1.29, 1.82) is 0 Å². The third kappa shape index (κ3) is 4.23. The van der Waals surface area contributed by atoms with Gasteiger partial charge in [-0.05, 0) is 31.5 Å². The van der Waals surface area contributed by atoms with Crippen LogP contribution in [0.3, 0.4) is 0 Å². The summed E-state index contributed by atoms with van der Waals surface area (Å²) in [6.07, 6.45) is 1.19. The van der Waals surface area contributed by atoms with E-state index in [0.717, 1.165) is 36.1 Å². The molecular formula is C17H17ClF2N2O5S. The number of hydrogen-bond donors (Lipinski definition) is 2. The summed E-state index contributed by atoms with van der Waals surface area (Å²) in [5.41, 5.74) is 0.110. The van der Waals surface area contributed by atoms with E-state index in [1.807, 2.05) is 0 Å². The summed E-state index contributed by atoms with van der Waals surface area (Å²) in [4.78, 5) is 24.1. The predicted octanol–water partition coefficient (Wildman–Crippen LogP) is 2.15.